The van der Waals surface area contributed by atoms with Crippen molar-refractivity contribution < 1.29 is 9.53 Å². The number of carbonyl (C=O) groups excluding carboxylic acids is 1. The van der Waals surface area contributed by atoms with E-state index < -0.39 is 0 Å². The van der Waals surface area contributed by atoms with Crippen LogP contribution < -0.4 is 4.74 Å². The van der Waals surface area contributed by atoms with Gasteiger partial charge in [-0.1, -0.05) is 38.8 Å². The highest BCUT2D eigenvalue weighted by Crippen LogP contribution is 2.66. The maximum atomic E-state index is 13.5. The zero-order valence-electron chi connectivity index (χ0n) is 18.4. The molecule has 0 bridgehead atoms. The van der Waals surface area contributed by atoms with Crippen molar-refractivity contribution in [1.82, 2.24) is 0 Å². The van der Waals surface area contributed by atoms with Gasteiger partial charge in [0.1, 0.15) is 5.75 Å². The van der Waals surface area contributed by atoms with Gasteiger partial charge in [-0.15, -0.1) is 0 Å². The van der Waals surface area contributed by atoms with Gasteiger partial charge in [-0.3, -0.25) is 4.79 Å². The molecule has 4 aliphatic carbocycles. The Morgan fingerprint density at radius 3 is 2.52 bits per heavy atom. The molecule has 0 aliphatic heterocycles. The largest absolute Gasteiger partial charge is 0.497 e. The van der Waals surface area contributed by atoms with Gasteiger partial charge in [0, 0.05) is 5.41 Å². The predicted molar refractivity (Wildman–Crippen MR) is 118 cm³/mol. The van der Waals surface area contributed by atoms with Crippen molar-refractivity contribution in [3.8, 4) is 5.75 Å². The summed E-state index contributed by atoms with van der Waals surface area (Å²) in [5.74, 6) is 4.39. The first-order chi connectivity index (χ1) is 14.0. The minimum atomic E-state index is -0.128. The van der Waals surface area contributed by atoms with Crippen LogP contribution in [0.4, 0.5) is 0 Å². The van der Waals surface area contributed by atoms with E-state index in [1.165, 1.54) is 44.9 Å². The van der Waals surface area contributed by atoms with Gasteiger partial charge in [0.05, 0.1) is 7.11 Å². The molecule has 0 amide bonds. The van der Waals surface area contributed by atoms with Gasteiger partial charge in [-0.25, -0.2) is 0 Å². The first-order valence-corrected chi connectivity index (χ1v) is 11.8. The fourth-order valence-electron chi connectivity index (χ4n) is 8.00. The Morgan fingerprint density at radius 1 is 0.966 bits per heavy atom. The average Bonchev–Trinajstić information content (AvgIpc) is 2.99. The maximum absolute atomic E-state index is 13.5. The molecular weight excluding hydrogens is 356 g/mol. The van der Waals surface area contributed by atoms with Crippen LogP contribution in [0.25, 0.3) is 6.08 Å². The minimum absolute atomic E-state index is 0.128. The molecule has 0 aromatic heterocycles. The fourth-order valence-corrected chi connectivity index (χ4v) is 8.00. The third-order valence-electron chi connectivity index (χ3n) is 9.68. The minimum Gasteiger partial charge on any atom is -0.497 e. The van der Waals surface area contributed by atoms with E-state index in [-0.39, 0.29) is 5.41 Å². The fraction of sp³-hybridized carbons (Fsp3) is 0.667. The smallest absolute Gasteiger partial charge is 0.165 e. The topological polar surface area (TPSA) is 26.3 Å². The molecule has 4 saturated carbocycles. The first kappa shape index (κ1) is 19.4. The number of hydrogen-bond donors (Lipinski definition) is 0. The quantitative estimate of drug-likeness (QED) is 0.524. The van der Waals surface area contributed by atoms with Crippen LogP contribution in [-0.2, 0) is 4.79 Å². The Kier molecular flexibility index (Phi) is 4.68. The van der Waals surface area contributed by atoms with Crippen LogP contribution in [0.3, 0.4) is 0 Å². The van der Waals surface area contributed by atoms with Crippen molar-refractivity contribution in [2.45, 2.75) is 71.6 Å². The zero-order chi connectivity index (χ0) is 20.2. The molecule has 0 saturated heterocycles. The number of hydrogen-bond acceptors (Lipinski definition) is 2. The van der Waals surface area contributed by atoms with E-state index in [2.05, 4.69) is 32.1 Å². The van der Waals surface area contributed by atoms with Crippen molar-refractivity contribution in [1.29, 1.82) is 0 Å². The number of Topliss-reactive ketones (excluding diaryl/α,β-unsaturated/α-hetero) is 1. The maximum Gasteiger partial charge on any atom is 0.165 e. The molecule has 0 heterocycles. The second-order valence-corrected chi connectivity index (χ2v) is 10.8. The molecule has 1 aromatic rings. The second-order valence-electron chi connectivity index (χ2n) is 10.8. The zero-order valence-corrected chi connectivity index (χ0v) is 18.4. The molecule has 29 heavy (non-hydrogen) atoms. The predicted octanol–water partition coefficient (Wildman–Crippen LogP) is 6.69. The summed E-state index contributed by atoms with van der Waals surface area (Å²) in [5.41, 5.74) is 2.60. The van der Waals surface area contributed by atoms with E-state index in [9.17, 15) is 4.79 Å². The van der Waals surface area contributed by atoms with Crippen molar-refractivity contribution in [2.75, 3.05) is 7.11 Å². The summed E-state index contributed by atoms with van der Waals surface area (Å²) < 4.78 is 5.28. The normalized spacial score (nSPS) is 42.9. The van der Waals surface area contributed by atoms with Crippen molar-refractivity contribution in [3.05, 3.63) is 35.4 Å². The first-order valence-electron chi connectivity index (χ1n) is 11.8. The van der Waals surface area contributed by atoms with E-state index in [1.807, 2.05) is 12.1 Å². The summed E-state index contributed by atoms with van der Waals surface area (Å²) in [7, 11) is 1.69. The molecule has 5 rings (SSSR count). The Morgan fingerprint density at radius 2 is 1.76 bits per heavy atom. The Hall–Kier alpha value is -1.57. The van der Waals surface area contributed by atoms with Crippen LogP contribution in [0.5, 0.6) is 5.75 Å². The van der Waals surface area contributed by atoms with Gasteiger partial charge in [-0.05, 0) is 103 Å². The molecule has 0 radical (unpaired) electrons. The van der Waals surface area contributed by atoms with E-state index in [0.29, 0.717) is 17.1 Å². The summed E-state index contributed by atoms with van der Waals surface area (Å²) in [4.78, 5) is 13.5. The summed E-state index contributed by atoms with van der Waals surface area (Å²) in [6, 6.07) is 8.12. The van der Waals surface area contributed by atoms with Crippen LogP contribution in [-0.4, -0.2) is 12.9 Å². The van der Waals surface area contributed by atoms with Crippen LogP contribution in [0, 0.1) is 34.5 Å². The number of rotatable bonds is 2. The van der Waals surface area contributed by atoms with Gasteiger partial charge in [0.2, 0.25) is 0 Å². The lowest BCUT2D eigenvalue weighted by Crippen LogP contribution is -2.52. The number of carbonyl (C=O) groups is 1. The lowest BCUT2D eigenvalue weighted by atomic mass is 9.45. The van der Waals surface area contributed by atoms with Crippen molar-refractivity contribution >= 4 is 11.9 Å². The third-order valence-corrected chi connectivity index (χ3v) is 9.68. The molecule has 6 atom stereocenters. The summed E-state index contributed by atoms with van der Waals surface area (Å²) in [5, 5.41) is 0. The molecule has 4 fully saturated rings. The molecule has 1 aromatic carbocycles. The highest BCUT2D eigenvalue weighted by Gasteiger charge is 2.60. The standard InChI is InChI=1S/C27H36O2/c1-26-14-5-4-6-20(26)9-12-22-23(26)13-15-27(2)24(22)17-19(25(27)28)16-18-7-10-21(29-3)11-8-18/h7-8,10-11,16,20,22-24H,4-6,9,12-15,17H2,1-3H3/b19-16-/t20-,22+,23-,24-,26+,27-/m1/s1. The van der Waals surface area contributed by atoms with Crippen molar-refractivity contribution in [2.24, 2.45) is 34.5 Å². The number of benzene rings is 1. The summed E-state index contributed by atoms with van der Waals surface area (Å²) in [6.07, 6.45) is 14.0. The molecule has 0 unspecified atom stereocenters. The Balaban J connectivity index is 1.43. The number of allylic oxidation sites excluding steroid dienone is 1. The highest BCUT2D eigenvalue weighted by atomic mass is 16.5. The lowest BCUT2D eigenvalue weighted by molar-refractivity contribution is -0.137. The third kappa shape index (κ3) is 2.93. The van der Waals surface area contributed by atoms with Crippen LogP contribution in [0.1, 0.15) is 77.2 Å². The molecular formula is C27H36O2. The van der Waals surface area contributed by atoms with Gasteiger partial charge in [0.15, 0.2) is 5.78 Å². The van der Waals surface area contributed by atoms with E-state index in [1.54, 1.807) is 7.11 Å². The molecule has 0 N–H and O–H groups in total. The SMILES string of the molecule is COc1ccc(/C=C2/C[C@@H]3[C@H]4CC[C@H]5CCCC[C@]5(C)[C@@H]4CC[C@@]3(C)C2=O)cc1. The van der Waals surface area contributed by atoms with Gasteiger partial charge in [0.25, 0.3) is 0 Å². The molecule has 2 heteroatoms. The van der Waals surface area contributed by atoms with Crippen molar-refractivity contribution in [3.63, 3.8) is 0 Å². The van der Waals surface area contributed by atoms with Crippen LogP contribution >= 0.6 is 0 Å². The number of methoxy groups -OCH3 is 1. The molecule has 0 spiro atoms. The number of ketones is 1. The highest BCUT2D eigenvalue weighted by molar-refractivity contribution is 6.05. The van der Waals surface area contributed by atoms with Crippen LogP contribution in [0.15, 0.2) is 29.8 Å². The van der Waals surface area contributed by atoms with E-state index in [4.69, 9.17) is 4.74 Å². The van der Waals surface area contributed by atoms with Gasteiger partial charge < -0.3 is 4.74 Å². The lowest BCUT2D eigenvalue weighted by Gasteiger charge is -2.59. The van der Waals surface area contributed by atoms with Crippen LogP contribution in [0.2, 0.25) is 0 Å². The number of ether oxygens (including phenoxy) is 1. The Labute approximate surface area is 176 Å². The monoisotopic (exact) mass is 392 g/mol. The second kappa shape index (κ2) is 7.00. The molecule has 4 aliphatic rings. The summed E-state index contributed by atoms with van der Waals surface area (Å²) >= 11 is 0. The summed E-state index contributed by atoms with van der Waals surface area (Å²) in [6.45, 7) is 4.90. The van der Waals surface area contributed by atoms with E-state index >= 15 is 0 Å². The van der Waals surface area contributed by atoms with E-state index in [0.717, 1.165) is 47.5 Å². The average molecular weight is 393 g/mol. The molecule has 156 valence electrons. The van der Waals surface area contributed by atoms with Gasteiger partial charge in [-0.2, -0.15) is 0 Å². The Bertz CT molecular complexity index is 821. The van der Waals surface area contributed by atoms with Gasteiger partial charge >= 0.3 is 0 Å². The number of fused-ring (bicyclic) bond motifs is 5. The molecule has 2 nitrogen and oxygen atoms in total.